The molecule has 7 nitrogen and oxygen atoms in total. The van der Waals surface area contributed by atoms with Gasteiger partial charge in [-0.05, 0) is 26.8 Å². The maximum Gasteiger partial charge on any atom is 0.311 e. The van der Waals surface area contributed by atoms with Crippen molar-refractivity contribution in [2.75, 3.05) is 11.9 Å². The first-order chi connectivity index (χ1) is 10.8. The third kappa shape index (κ3) is 4.38. The number of anilines is 1. The summed E-state index contributed by atoms with van der Waals surface area (Å²) < 4.78 is 5.22. The number of aromatic nitrogens is 1. The quantitative estimate of drug-likeness (QED) is 0.516. The van der Waals surface area contributed by atoms with E-state index >= 15 is 0 Å². The zero-order valence-corrected chi connectivity index (χ0v) is 13.3. The highest BCUT2D eigenvalue weighted by molar-refractivity contribution is 5.95. The predicted octanol–water partition coefficient (Wildman–Crippen LogP) is 3.29. The fourth-order valence-electron chi connectivity index (χ4n) is 2.14. The molecule has 0 aliphatic heterocycles. The number of carbonyl (C=O) groups excluding carboxylic acids is 1. The lowest BCUT2D eigenvalue weighted by Crippen LogP contribution is -2.25. The van der Waals surface area contributed by atoms with Crippen LogP contribution >= 0.6 is 0 Å². The van der Waals surface area contributed by atoms with Crippen molar-refractivity contribution in [3.05, 3.63) is 40.6 Å². The Labute approximate surface area is 133 Å². The minimum atomic E-state index is -0.549. The Balaban J connectivity index is 2.17. The number of fused-ring (bicyclic) bond motifs is 1. The minimum Gasteiger partial charge on any atom is -0.460 e. The number of esters is 1. The standard InChI is InChI=1S/C16H19N3O4/c1-16(2,3)23-14(20)8-9-17-15-11-6-4-5-7-12(11)18-10-13(15)19(21)22/h4-7,10H,8-9H2,1-3H3,(H,17,18). The van der Waals surface area contributed by atoms with Gasteiger partial charge in [0, 0.05) is 11.9 Å². The molecular weight excluding hydrogens is 298 g/mol. The third-order valence-corrected chi connectivity index (χ3v) is 3.00. The summed E-state index contributed by atoms with van der Waals surface area (Å²) in [5, 5.41) is 14.8. The van der Waals surface area contributed by atoms with E-state index in [2.05, 4.69) is 10.3 Å². The average Bonchev–Trinajstić information content (AvgIpc) is 2.45. The van der Waals surface area contributed by atoms with Gasteiger partial charge in [-0.3, -0.25) is 14.9 Å². The molecule has 0 aliphatic carbocycles. The summed E-state index contributed by atoms with van der Waals surface area (Å²) in [6.07, 6.45) is 1.34. The molecule has 0 saturated carbocycles. The molecule has 0 atom stereocenters. The van der Waals surface area contributed by atoms with Crippen LogP contribution in [0.5, 0.6) is 0 Å². The van der Waals surface area contributed by atoms with E-state index in [1.807, 2.05) is 6.07 Å². The van der Waals surface area contributed by atoms with Gasteiger partial charge in [0.25, 0.3) is 0 Å². The topological polar surface area (TPSA) is 94.4 Å². The molecule has 0 bridgehead atoms. The molecule has 0 unspecified atom stereocenters. The highest BCUT2D eigenvalue weighted by Crippen LogP contribution is 2.31. The van der Waals surface area contributed by atoms with Gasteiger partial charge in [0.15, 0.2) is 0 Å². The summed E-state index contributed by atoms with van der Waals surface area (Å²) in [6.45, 7) is 5.61. The molecule has 1 N–H and O–H groups in total. The van der Waals surface area contributed by atoms with Crippen LogP contribution in [-0.4, -0.2) is 28.0 Å². The Hall–Kier alpha value is -2.70. The summed E-state index contributed by atoms with van der Waals surface area (Å²) in [4.78, 5) is 26.5. The van der Waals surface area contributed by atoms with Gasteiger partial charge >= 0.3 is 11.7 Å². The van der Waals surface area contributed by atoms with Crippen molar-refractivity contribution < 1.29 is 14.5 Å². The third-order valence-electron chi connectivity index (χ3n) is 3.00. The van der Waals surface area contributed by atoms with Gasteiger partial charge < -0.3 is 10.1 Å². The summed E-state index contributed by atoms with van der Waals surface area (Å²) in [5.74, 6) is -0.356. The molecule has 0 radical (unpaired) electrons. The van der Waals surface area contributed by atoms with Gasteiger partial charge in [0.05, 0.1) is 16.9 Å². The number of rotatable bonds is 5. The van der Waals surface area contributed by atoms with E-state index in [0.29, 0.717) is 16.6 Å². The van der Waals surface area contributed by atoms with Gasteiger partial charge in [-0.15, -0.1) is 0 Å². The van der Waals surface area contributed by atoms with Crippen molar-refractivity contribution in [3.63, 3.8) is 0 Å². The maximum absolute atomic E-state index is 11.7. The number of nitro groups is 1. The first kappa shape index (κ1) is 16.7. The number of benzene rings is 1. The number of hydrogen-bond donors (Lipinski definition) is 1. The Kier molecular flexibility index (Phi) is 4.78. The molecule has 1 aromatic carbocycles. The second-order valence-corrected chi connectivity index (χ2v) is 6.06. The van der Waals surface area contributed by atoms with E-state index in [1.165, 1.54) is 6.20 Å². The summed E-state index contributed by atoms with van der Waals surface area (Å²) in [5.41, 5.74) is 0.349. The van der Waals surface area contributed by atoms with Crippen LogP contribution in [0, 0.1) is 10.1 Å². The molecule has 0 fully saturated rings. The average molecular weight is 317 g/mol. The van der Waals surface area contributed by atoms with Crippen molar-refractivity contribution in [1.29, 1.82) is 0 Å². The molecule has 0 saturated heterocycles. The Morgan fingerprint density at radius 1 is 1.35 bits per heavy atom. The summed E-state index contributed by atoms with van der Waals surface area (Å²) >= 11 is 0. The van der Waals surface area contributed by atoms with Gasteiger partial charge in [0.1, 0.15) is 17.5 Å². The van der Waals surface area contributed by atoms with Crippen LogP contribution in [0.25, 0.3) is 10.9 Å². The predicted molar refractivity (Wildman–Crippen MR) is 87.3 cm³/mol. The van der Waals surface area contributed by atoms with Crippen LogP contribution in [0.1, 0.15) is 27.2 Å². The summed E-state index contributed by atoms with van der Waals surface area (Å²) in [6, 6.07) is 7.13. The molecule has 0 spiro atoms. The highest BCUT2D eigenvalue weighted by atomic mass is 16.6. The number of carbonyl (C=O) groups is 1. The molecule has 0 amide bonds. The molecule has 2 rings (SSSR count). The number of hydrogen-bond acceptors (Lipinski definition) is 6. The van der Waals surface area contributed by atoms with E-state index in [-0.39, 0.29) is 24.6 Å². The molecule has 23 heavy (non-hydrogen) atoms. The van der Waals surface area contributed by atoms with Crippen LogP contribution in [0.3, 0.4) is 0 Å². The number of nitrogens with one attached hydrogen (secondary N) is 1. The van der Waals surface area contributed by atoms with Gasteiger partial charge in [-0.2, -0.15) is 0 Å². The van der Waals surface area contributed by atoms with Crippen molar-refractivity contribution in [2.24, 2.45) is 0 Å². The Morgan fingerprint density at radius 2 is 2.04 bits per heavy atom. The molecule has 1 heterocycles. The number of nitrogens with zero attached hydrogens (tertiary/aromatic N) is 2. The second-order valence-electron chi connectivity index (χ2n) is 6.06. The van der Waals surface area contributed by atoms with E-state index in [0.717, 1.165) is 0 Å². The fraction of sp³-hybridized carbons (Fsp3) is 0.375. The van der Waals surface area contributed by atoms with Crippen LogP contribution in [-0.2, 0) is 9.53 Å². The minimum absolute atomic E-state index is 0.116. The van der Waals surface area contributed by atoms with E-state index in [9.17, 15) is 14.9 Å². The van der Waals surface area contributed by atoms with Crippen LogP contribution in [0.15, 0.2) is 30.5 Å². The summed E-state index contributed by atoms with van der Waals surface area (Å²) in [7, 11) is 0. The largest absolute Gasteiger partial charge is 0.460 e. The molecule has 122 valence electrons. The van der Waals surface area contributed by atoms with E-state index in [1.54, 1.807) is 39.0 Å². The van der Waals surface area contributed by atoms with Crippen molar-refractivity contribution in [2.45, 2.75) is 32.8 Å². The fourth-order valence-corrected chi connectivity index (χ4v) is 2.14. The molecule has 7 heteroatoms. The first-order valence-electron chi connectivity index (χ1n) is 7.26. The monoisotopic (exact) mass is 317 g/mol. The lowest BCUT2D eigenvalue weighted by molar-refractivity contribution is -0.384. The molecule has 2 aromatic rings. The highest BCUT2D eigenvalue weighted by Gasteiger charge is 2.19. The van der Waals surface area contributed by atoms with Gasteiger partial charge in [0.2, 0.25) is 0 Å². The van der Waals surface area contributed by atoms with Crippen LogP contribution < -0.4 is 5.32 Å². The second kappa shape index (κ2) is 6.60. The molecule has 1 aromatic heterocycles. The SMILES string of the molecule is CC(C)(C)OC(=O)CCNc1c([N+](=O)[O-])cnc2ccccc12. The normalized spacial score (nSPS) is 11.3. The Bertz CT molecular complexity index is 738. The number of para-hydroxylation sites is 1. The zero-order chi connectivity index (χ0) is 17.0. The lowest BCUT2D eigenvalue weighted by Gasteiger charge is -2.19. The lowest BCUT2D eigenvalue weighted by atomic mass is 10.1. The van der Waals surface area contributed by atoms with Crippen molar-refractivity contribution in [1.82, 2.24) is 4.98 Å². The van der Waals surface area contributed by atoms with Crippen molar-refractivity contribution >= 4 is 28.2 Å². The van der Waals surface area contributed by atoms with Crippen LogP contribution in [0.4, 0.5) is 11.4 Å². The van der Waals surface area contributed by atoms with E-state index in [4.69, 9.17) is 4.74 Å². The van der Waals surface area contributed by atoms with Gasteiger partial charge in [-0.1, -0.05) is 18.2 Å². The maximum atomic E-state index is 11.7. The first-order valence-corrected chi connectivity index (χ1v) is 7.26. The van der Waals surface area contributed by atoms with Crippen LogP contribution in [0.2, 0.25) is 0 Å². The smallest absolute Gasteiger partial charge is 0.311 e. The Morgan fingerprint density at radius 3 is 2.70 bits per heavy atom. The number of ether oxygens (including phenoxy) is 1. The van der Waals surface area contributed by atoms with Crippen molar-refractivity contribution in [3.8, 4) is 0 Å². The number of pyridine rings is 1. The zero-order valence-electron chi connectivity index (χ0n) is 13.3. The molecule has 0 aliphatic rings. The van der Waals surface area contributed by atoms with E-state index < -0.39 is 10.5 Å². The van der Waals surface area contributed by atoms with Gasteiger partial charge in [-0.25, -0.2) is 4.98 Å². The molecular formula is C16H19N3O4.